The molecule has 3 rings (SSSR count). The maximum Gasteiger partial charge on any atom is 0.289 e. The summed E-state index contributed by atoms with van der Waals surface area (Å²) in [4.78, 5) is 11.5. The zero-order valence-corrected chi connectivity index (χ0v) is 13.5. The molecule has 0 spiro atoms. The van der Waals surface area contributed by atoms with Gasteiger partial charge < -0.3 is 0 Å². The summed E-state index contributed by atoms with van der Waals surface area (Å²) in [6.45, 7) is 0. The first-order valence-corrected chi connectivity index (χ1v) is 9.39. The second kappa shape index (κ2) is 6.56. The Morgan fingerprint density at radius 1 is 0.850 bits per heavy atom. The van der Waals surface area contributed by atoms with Gasteiger partial charge in [0.1, 0.15) is 0 Å². The van der Waals surface area contributed by atoms with Gasteiger partial charge in [0, 0.05) is 11.1 Å². The van der Waals surface area contributed by atoms with Gasteiger partial charge in [-0.2, -0.15) is 0 Å². The van der Waals surface area contributed by atoms with Gasteiger partial charge in [-0.05, 0) is 12.1 Å². The molecule has 5 heteroatoms. The highest BCUT2D eigenvalue weighted by Crippen LogP contribution is 2.36. The SMILES string of the molecule is O=c1sc2c(s1)SCC#Cc1ccccc1C#CCS2. The first-order chi connectivity index (χ1) is 9.83. The lowest BCUT2D eigenvalue weighted by atomic mass is 10.1. The van der Waals surface area contributed by atoms with E-state index < -0.39 is 0 Å². The van der Waals surface area contributed by atoms with Crippen molar-refractivity contribution in [2.24, 2.45) is 0 Å². The summed E-state index contributed by atoms with van der Waals surface area (Å²) in [7, 11) is 0. The van der Waals surface area contributed by atoms with Crippen molar-refractivity contribution in [2.75, 3.05) is 11.5 Å². The number of benzene rings is 1. The van der Waals surface area contributed by atoms with Crippen molar-refractivity contribution in [3.05, 3.63) is 44.2 Å². The Morgan fingerprint density at radius 3 is 1.85 bits per heavy atom. The van der Waals surface area contributed by atoms with E-state index in [0.717, 1.165) is 19.5 Å². The van der Waals surface area contributed by atoms with Gasteiger partial charge in [-0.1, -0.05) is 58.5 Å². The van der Waals surface area contributed by atoms with Crippen molar-refractivity contribution in [2.45, 2.75) is 8.42 Å². The topological polar surface area (TPSA) is 17.1 Å². The third-order valence-corrected chi connectivity index (χ3v) is 7.29. The minimum Gasteiger partial charge on any atom is -0.265 e. The average Bonchev–Trinajstić information content (AvgIpc) is 2.79. The first kappa shape index (κ1) is 13.9. The fourth-order valence-corrected chi connectivity index (χ4v) is 6.32. The third kappa shape index (κ3) is 3.31. The van der Waals surface area contributed by atoms with Crippen molar-refractivity contribution in [3.8, 4) is 23.7 Å². The average molecular weight is 332 g/mol. The predicted molar refractivity (Wildman–Crippen MR) is 90.1 cm³/mol. The van der Waals surface area contributed by atoms with Crippen LogP contribution >= 0.6 is 46.2 Å². The van der Waals surface area contributed by atoms with Crippen LogP contribution in [0.4, 0.5) is 0 Å². The highest BCUT2D eigenvalue weighted by atomic mass is 32.2. The number of rotatable bonds is 0. The fraction of sp³-hybridized carbons (Fsp3) is 0.133. The van der Waals surface area contributed by atoms with E-state index in [2.05, 4.69) is 23.7 Å². The molecule has 1 aliphatic rings. The predicted octanol–water partition coefficient (Wildman–Crippen LogP) is 3.77. The molecule has 1 aliphatic heterocycles. The van der Waals surface area contributed by atoms with Crippen molar-refractivity contribution in [1.82, 2.24) is 0 Å². The number of thioether (sulfide) groups is 2. The van der Waals surface area contributed by atoms with Crippen LogP contribution in [0, 0.1) is 23.7 Å². The molecular formula is C15H8OS4. The summed E-state index contributed by atoms with van der Waals surface area (Å²) in [5.74, 6) is 14.0. The largest absolute Gasteiger partial charge is 0.289 e. The smallest absolute Gasteiger partial charge is 0.265 e. The van der Waals surface area contributed by atoms with E-state index in [0.29, 0.717) is 11.5 Å². The van der Waals surface area contributed by atoms with E-state index in [1.54, 1.807) is 23.5 Å². The fourth-order valence-electron chi connectivity index (χ4n) is 1.60. The lowest BCUT2D eigenvalue weighted by molar-refractivity contribution is 1.52. The molecule has 0 saturated heterocycles. The normalized spacial score (nSPS) is 13.4. The van der Waals surface area contributed by atoms with Crippen molar-refractivity contribution in [3.63, 3.8) is 0 Å². The molecule has 0 amide bonds. The lowest BCUT2D eigenvalue weighted by Gasteiger charge is -1.99. The summed E-state index contributed by atoms with van der Waals surface area (Å²) in [5.41, 5.74) is 1.95. The van der Waals surface area contributed by atoms with Crippen LogP contribution in [-0.2, 0) is 0 Å². The van der Waals surface area contributed by atoms with Gasteiger partial charge >= 0.3 is 0 Å². The molecule has 0 fully saturated rings. The molecule has 1 nitrogen and oxygen atoms in total. The van der Waals surface area contributed by atoms with Gasteiger partial charge in [0.15, 0.2) is 0 Å². The van der Waals surface area contributed by atoms with Crippen LogP contribution in [-0.4, -0.2) is 11.5 Å². The zero-order chi connectivity index (χ0) is 13.8. The number of fused-ring (bicyclic) bond motifs is 2. The van der Waals surface area contributed by atoms with Gasteiger partial charge in [-0.3, -0.25) is 4.79 Å². The van der Waals surface area contributed by atoms with Gasteiger partial charge in [0.05, 0.1) is 19.9 Å². The molecule has 1 aromatic carbocycles. The third-order valence-electron chi connectivity index (χ3n) is 2.44. The molecule has 0 bridgehead atoms. The van der Waals surface area contributed by atoms with E-state index in [-0.39, 0.29) is 4.06 Å². The molecule has 0 radical (unpaired) electrons. The second-order valence-electron chi connectivity index (χ2n) is 3.76. The standard InChI is InChI=1S/C15H8OS4/c16-15-19-13-14(20-15)18-10-4-8-12-6-2-1-5-11(12)7-3-9-17-13/h1-2,5-6H,9-10H2. The minimum atomic E-state index is 0.147. The maximum atomic E-state index is 11.5. The molecular weight excluding hydrogens is 324 g/mol. The summed E-state index contributed by atoms with van der Waals surface area (Å²) >= 11 is 5.92. The van der Waals surface area contributed by atoms with Crippen LogP contribution in [0.25, 0.3) is 0 Å². The Hall–Kier alpha value is -1.11. The lowest BCUT2D eigenvalue weighted by Crippen LogP contribution is -1.84. The van der Waals surface area contributed by atoms with E-state index in [4.69, 9.17) is 0 Å². The van der Waals surface area contributed by atoms with Gasteiger partial charge in [-0.15, -0.1) is 23.5 Å². The number of hydrogen-bond donors (Lipinski definition) is 0. The summed E-state index contributed by atoms with van der Waals surface area (Å²) in [5, 5.41) is 0. The Kier molecular flexibility index (Phi) is 4.54. The van der Waals surface area contributed by atoms with E-state index >= 15 is 0 Å². The second-order valence-corrected chi connectivity index (χ2v) is 8.47. The summed E-state index contributed by atoms with van der Waals surface area (Å²) in [6.07, 6.45) is 0. The molecule has 98 valence electrons. The van der Waals surface area contributed by atoms with Crippen LogP contribution in [0.2, 0.25) is 0 Å². The Morgan fingerprint density at radius 2 is 1.35 bits per heavy atom. The quantitative estimate of drug-likeness (QED) is 0.684. The van der Waals surface area contributed by atoms with Crippen LogP contribution in [0.15, 0.2) is 37.5 Å². The Labute approximate surface area is 133 Å². The molecule has 2 aromatic rings. The maximum absolute atomic E-state index is 11.5. The van der Waals surface area contributed by atoms with E-state index in [1.807, 2.05) is 24.3 Å². The molecule has 0 unspecified atom stereocenters. The molecule has 0 saturated carbocycles. The first-order valence-electron chi connectivity index (χ1n) is 5.79. The molecule has 1 aromatic heterocycles. The Bertz CT molecular complexity index is 742. The van der Waals surface area contributed by atoms with Crippen molar-refractivity contribution in [1.29, 1.82) is 0 Å². The highest BCUT2D eigenvalue weighted by Gasteiger charge is 2.09. The minimum absolute atomic E-state index is 0.147. The van der Waals surface area contributed by atoms with Gasteiger partial charge in [0.25, 0.3) is 4.06 Å². The molecule has 2 heterocycles. The van der Waals surface area contributed by atoms with Gasteiger partial charge in [-0.25, -0.2) is 0 Å². The van der Waals surface area contributed by atoms with E-state index in [9.17, 15) is 4.79 Å². The van der Waals surface area contributed by atoms with Crippen LogP contribution < -0.4 is 4.06 Å². The molecule has 20 heavy (non-hydrogen) atoms. The zero-order valence-electron chi connectivity index (χ0n) is 10.3. The van der Waals surface area contributed by atoms with Crippen LogP contribution in [0.3, 0.4) is 0 Å². The molecule has 0 N–H and O–H groups in total. The molecule has 0 aliphatic carbocycles. The van der Waals surface area contributed by atoms with Crippen LogP contribution in [0.5, 0.6) is 0 Å². The van der Waals surface area contributed by atoms with Crippen LogP contribution in [0.1, 0.15) is 11.1 Å². The summed E-state index contributed by atoms with van der Waals surface area (Å²) in [6, 6.07) is 7.95. The van der Waals surface area contributed by atoms with Gasteiger partial charge in [0.2, 0.25) is 0 Å². The summed E-state index contributed by atoms with van der Waals surface area (Å²) < 4.78 is 2.30. The number of hydrogen-bond acceptors (Lipinski definition) is 5. The van der Waals surface area contributed by atoms with Crippen molar-refractivity contribution >= 4 is 46.2 Å². The Balaban J connectivity index is 1.96. The monoisotopic (exact) mass is 332 g/mol. The highest BCUT2D eigenvalue weighted by molar-refractivity contribution is 8.05. The van der Waals surface area contributed by atoms with E-state index in [1.165, 1.54) is 22.7 Å². The molecule has 0 atom stereocenters. The van der Waals surface area contributed by atoms with Crippen molar-refractivity contribution < 1.29 is 0 Å².